The summed E-state index contributed by atoms with van der Waals surface area (Å²) < 4.78 is 0. The predicted octanol–water partition coefficient (Wildman–Crippen LogP) is 1.14. The van der Waals surface area contributed by atoms with Crippen molar-refractivity contribution >= 4 is 5.91 Å². The molecule has 3 unspecified atom stereocenters. The summed E-state index contributed by atoms with van der Waals surface area (Å²) in [5.41, 5.74) is -0.586. The third-order valence-electron chi connectivity index (χ3n) is 4.33. The second-order valence-corrected chi connectivity index (χ2v) is 6.52. The maximum absolute atomic E-state index is 12.4. The first-order valence-electron chi connectivity index (χ1n) is 7.14. The molecule has 2 N–H and O–H groups in total. The van der Waals surface area contributed by atoms with Gasteiger partial charge in [0.05, 0.1) is 11.6 Å². The quantitative estimate of drug-likeness (QED) is 0.738. The van der Waals surface area contributed by atoms with Gasteiger partial charge >= 0.3 is 0 Å². The maximum Gasteiger partial charge on any atom is 0.239 e. The highest BCUT2D eigenvalue weighted by atomic mass is 16.3. The van der Waals surface area contributed by atoms with Crippen LogP contribution in [-0.4, -0.2) is 46.7 Å². The average Bonchev–Trinajstić information content (AvgIpc) is 2.27. The third kappa shape index (κ3) is 3.23. The largest absolute Gasteiger partial charge is 0.390 e. The van der Waals surface area contributed by atoms with Crippen molar-refractivity contribution in [2.45, 2.75) is 64.1 Å². The van der Waals surface area contributed by atoms with Gasteiger partial charge in [-0.15, -0.1) is 0 Å². The standard InChI is InChI=1S/C14H26N2O2/c1-10-8-11(2)15-12(9-10)13(17)16-6-4-14(3,18)5-7-16/h10-12,15,18H,4-9H2,1-3H3. The Bertz CT molecular complexity index is 297. The van der Waals surface area contributed by atoms with E-state index in [1.165, 1.54) is 0 Å². The first-order valence-corrected chi connectivity index (χ1v) is 7.14. The Balaban J connectivity index is 1.91. The van der Waals surface area contributed by atoms with E-state index in [0.717, 1.165) is 12.8 Å². The van der Waals surface area contributed by atoms with E-state index in [-0.39, 0.29) is 11.9 Å². The number of nitrogens with one attached hydrogen (secondary N) is 1. The normalized spacial score (nSPS) is 36.4. The van der Waals surface area contributed by atoms with Gasteiger partial charge in [-0.1, -0.05) is 6.92 Å². The summed E-state index contributed by atoms with van der Waals surface area (Å²) in [6.07, 6.45) is 3.47. The number of rotatable bonds is 1. The fourth-order valence-corrected chi connectivity index (χ4v) is 3.18. The van der Waals surface area contributed by atoms with Crippen molar-refractivity contribution in [2.75, 3.05) is 13.1 Å². The fourth-order valence-electron chi connectivity index (χ4n) is 3.18. The van der Waals surface area contributed by atoms with Gasteiger partial charge in [-0.2, -0.15) is 0 Å². The second kappa shape index (κ2) is 5.17. The number of hydrogen-bond acceptors (Lipinski definition) is 3. The van der Waals surface area contributed by atoms with Gasteiger partial charge in [0, 0.05) is 19.1 Å². The highest BCUT2D eigenvalue weighted by molar-refractivity contribution is 5.82. The molecule has 18 heavy (non-hydrogen) atoms. The first-order chi connectivity index (χ1) is 8.37. The topological polar surface area (TPSA) is 52.6 Å². The molecular weight excluding hydrogens is 228 g/mol. The van der Waals surface area contributed by atoms with Crippen LogP contribution in [0.5, 0.6) is 0 Å². The van der Waals surface area contributed by atoms with Gasteiger partial charge in [0.15, 0.2) is 0 Å². The molecule has 0 aromatic carbocycles. The molecule has 0 aromatic rings. The highest BCUT2D eigenvalue weighted by Gasteiger charge is 2.35. The number of likely N-dealkylation sites (tertiary alicyclic amines) is 1. The molecule has 0 spiro atoms. The van der Waals surface area contributed by atoms with Gasteiger partial charge in [-0.3, -0.25) is 4.79 Å². The van der Waals surface area contributed by atoms with Crippen molar-refractivity contribution in [2.24, 2.45) is 5.92 Å². The molecule has 3 atom stereocenters. The zero-order chi connectivity index (χ0) is 13.3. The molecule has 104 valence electrons. The van der Waals surface area contributed by atoms with Gasteiger partial charge in [0.2, 0.25) is 5.91 Å². The van der Waals surface area contributed by atoms with Crippen molar-refractivity contribution in [3.05, 3.63) is 0 Å². The van der Waals surface area contributed by atoms with Crippen LogP contribution in [0.25, 0.3) is 0 Å². The molecule has 0 radical (unpaired) electrons. The Labute approximate surface area is 110 Å². The number of piperidine rings is 2. The third-order valence-corrected chi connectivity index (χ3v) is 4.33. The van der Waals surface area contributed by atoms with Gasteiger partial charge in [-0.05, 0) is 45.4 Å². The fraction of sp³-hybridized carbons (Fsp3) is 0.929. The van der Waals surface area contributed by atoms with E-state index < -0.39 is 5.60 Å². The van der Waals surface area contributed by atoms with E-state index in [0.29, 0.717) is 37.9 Å². The molecule has 0 aliphatic carbocycles. The number of aliphatic hydroxyl groups is 1. The number of amides is 1. The van der Waals surface area contributed by atoms with E-state index in [1.54, 1.807) is 0 Å². The molecule has 2 saturated heterocycles. The molecule has 0 bridgehead atoms. The average molecular weight is 254 g/mol. The molecule has 4 nitrogen and oxygen atoms in total. The van der Waals surface area contributed by atoms with E-state index >= 15 is 0 Å². The molecule has 2 fully saturated rings. The van der Waals surface area contributed by atoms with Gasteiger partial charge in [0.1, 0.15) is 0 Å². The summed E-state index contributed by atoms with van der Waals surface area (Å²) in [5.74, 6) is 0.840. The number of carbonyl (C=O) groups excluding carboxylic acids is 1. The lowest BCUT2D eigenvalue weighted by Crippen LogP contribution is -2.55. The summed E-state index contributed by atoms with van der Waals surface area (Å²) in [5, 5.41) is 13.3. The first kappa shape index (κ1) is 13.8. The summed E-state index contributed by atoms with van der Waals surface area (Å²) in [7, 11) is 0. The SMILES string of the molecule is CC1CC(C)NC(C(=O)N2CCC(C)(O)CC2)C1. The van der Waals surface area contributed by atoms with Crippen molar-refractivity contribution < 1.29 is 9.90 Å². The molecule has 1 amide bonds. The Morgan fingerprint density at radius 3 is 2.44 bits per heavy atom. The van der Waals surface area contributed by atoms with E-state index in [4.69, 9.17) is 0 Å². The Kier molecular flexibility index (Phi) is 3.97. The smallest absolute Gasteiger partial charge is 0.239 e. The molecular formula is C14H26N2O2. The Morgan fingerprint density at radius 1 is 1.28 bits per heavy atom. The van der Waals surface area contributed by atoms with Crippen LogP contribution in [-0.2, 0) is 4.79 Å². The summed E-state index contributed by atoms with van der Waals surface area (Å²) in [6.45, 7) is 7.60. The van der Waals surface area contributed by atoms with Crippen LogP contribution < -0.4 is 5.32 Å². The minimum absolute atomic E-state index is 0.0215. The van der Waals surface area contributed by atoms with Crippen LogP contribution in [0, 0.1) is 5.92 Å². The maximum atomic E-state index is 12.4. The minimum atomic E-state index is -0.586. The number of hydrogen-bond donors (Lipinski definition) is 2. The van der Waals surface area contributed by atoms with Gasteiger partial charge < -0.3 is 15.3 Å². The van der Waals surface area contributed by atoms with Crippen molar-refractivity contribution in [3.63, 3.8) is 0 Å². The molecule has 0 aromatic heterocycles. The lowest BCUT2D eigenvalue weighted by Gasteiger charge is -2.40. The van der Waals surface area contributed by atoms with Crippen molar-refractivity contribution in [1.29, 1.82) is 0 Å². The van der Waals surface area contributed by atoms with Crippen LogP contribution in [0.3, 0.4) is 0 Å². The van der Waals surface area contributed by atoms with Crippen LogP contribution in [0.2, 0.25) is 0 Å². The predicted molar refractivity (Wildman–Crippen MR) is 71.2 cm³/mol. The molecule has 2 rings (SSSR count). The van der Waals surface area contributed by atoms with Crippen LogP contribution in [0.15, 0.2) is 0 Å². The van der Waals surface area contributed by atoms with Gasteiger partial charge in [-0.25, -0.2) is 0 Å². The lowest BCUT2D eigenvalue weighted by atomic mass is 9.88. The highest BCUT2D eigenvalue weighted by Crippen LogP contribution is 2.24. The molecule has 2 aliphatic rings. The number of carbonyl (C=O) groups is 1. The molecule has 2 heterocycles. The number of nitrogens with zero attached hydrogens (tertiary/aromatic N) is 1. The van der Waals surface area contributed by atoms with Crippen LogP contribution in [0.1, 0.15) is 46.5 Å². The Hall–Kier alpha value is -0.610. The zero-order valence-electron chi connectivity index (χ0n) is 11.8. The molecule has 2 aliphatic heterocycles. The van der Waals surface area contributed by atoms with Gasteiger partial charge in [0.25, 0.3) is 0 Å². The zero-order valence-corrected chi connectivity index (χ0v) is 11.8. The molecule has 0 saturated carbocycles. The van der Waals surface area contributed by atoms with E-state index in [1.807, 2.05) is 11.8 Å². The lowest BCUT2D eigenvalue weighted by molar-refractivity contribution is -0.138. The second-order valence-electron chi connectivity index (χ2n) is 6.52. The van der Waals surface area contributed by atoms with E-state index in [9.17, 15) is 9.90 Å². The van der Waals surface area contributed by atoms with Crippen LogP contribution >= 0.6 is 0 Å². The summed E-state index contributed by atoms with van der Waals surface area (Å²) >= 11 is 0. The Morgan fingerprint density at radius 2 is 1.89 bits per heavy atom. The van der Waals surface area contributed by atoms with Crippen molar-refractivity contribution in [3.8, 4) is 0 Å². The van der Waals surface area contributed by atoms with Crippen LogP contribution in [0.4, 0.5) is 0 Å². The van der Waals surface area contributed by atoms with E-state index in [2.05, 4.69) is 19.2 Å². The summed E-state index contributed by atoms with van der Waals surface area (Å²) in [6, 6.07) is 0.405. The van der Waals surface area contributed by atoms with Crippen molar-refractivity contribution in [1.82, 2.24) is 10.2 Å². The monoisotopic (exact) mass is 254 g/mol. The molecule has 4 heteroatoms. The minimum Gasteiger partial charge on any atom is -0.390 e. The summed E-state index contributed by atoms with van der Waals surface area (Å²) in [4.78, 5) is 14.4.